The summed E-state index contributed by atoms with van der Waals surface area (Å²) in [5.74, 6) is -2.17. The van der Waals surface area contributed by atoms with Gasteiger partial charge < -0.3 is 15.0 Å². The number of nitrogens with zero attached hydrogens (tertiary/aromatic N) is 1. The van der Waals surface area contributed by atoms with E-state index >= 15 is 0 Å². The maximum Gasteiger partial charge on any atom is 0.317 e. The quantitative estimate of drug-likeness (QED) is 0.675. The maximum atomic E-state index is 12.6. The average Bonchev–Trinajstić information content (AvgIpc) is 2.73. The van der Waals surface area contributed by atoms with E-state index in [2.05, 4.69) is 10.0 Å². The second-order valence-corrected chi connectivity index (χ2v) is 9.05. The zero-order valence-corrected chi connectivity index (χ0v) is 17.4. The highest BCUT2D eigenvalue weighted by molar-refractivity contribution is 7.88. The number of sulfonamides is 1. The molecular formula is C19H37N3O4S. The van der Waals surface area contributed by atoms with E-state index in [9.17, 15) is 13.2 Å². The number of likely N-dealkylation sites (tertiary alicyclic amines) is 1. The van der Waals surface area contributed by atoms with Crippen molar-refractivity contribution >= 4 is 16.1 Å². The van der Waals surface area contributed by atoms with Gasteiger partial charge in [-0.1, -0.05) is 13.8 Å². The first kappa shape index (κ1) is 15.0. The van der Waals surface area contributed by atoms with Gasteiger partial charge in [-0.05, 0) is 57.2 Å². The lowest BCUT2D eigenvalue weighted by atomic mass is 9.80. The Labute approximate surface area is 173 Å². The minimum absolute atomic E-state index is 0.340. The highest BCUT2D eigenvalue weighted by Gasteiger charge is 2.36. The number of amides is 2. The van der Waals surface area contributed by atoms with Gasteiger partial charge in [0.15, 0.2) is 0 Å². The Kier molecular flexibility index (Phi) is 5.61. The minimum atomic E-state index is -3.61. The summed E-state index contributed by atoms with van der Waals surface area (Å²) in [5, 5.41) is 2.68. The molecule has 1 saturated heterocycles. The van der Waals surface area contributed by atoms with Gasteiger partial charge in [0.1, 0.15) is 0 Å². The largest absolute Gasteiger partial charge is 0.376 e. The van der Waals surface area contributed by atoms with Gasteiger partial charge in [0.2, 0.25) is 10.0 Å². The van der Waals surface area contributed by atoms with Crippen LogP contribution in [-0.4, -0.2) is 63.5 Å². The number of piperidine rings is 1. The van der Waals surface area contributed by atoms with Crippen molar-refractivity contribution in [3.8, 4) is 0 Å². The Balaban J connectivity index is 2.33. The third-order valence-electron chi connectivity index (χ3n) is 4.70. The van der Waals surface area contributed by atoms with E-state index in [1.165, 1.54) is 4.90 Å². The number of urea groups is 1. The molecule has 6 atom stereocenters. The second kappa shape index (κ2) is 10.1. The maximum absolute atomic E-state index is 12.6. The molecule has 0 aromatic heterocycles. The summed E-state index contributed by atoms with van der Waals surface area (Å²) < 4.78 is 83.3. The Morgan fingerprint density at radius 2 is 2.00 bits per heavy atom. The molecule has 7 nitrogen and oxygen atoms in total. The Bertz CT molecular complexity index is 788. The van der Waals surface area contributed by atoms with Crippen molar-refractivity contribution in [2.75, 3.05) is 26.0 Å². The SMILES string of the molecule is [2H]C1C([2H])C([2H])(C(C)C)C([2H])C([2H])C1([2H])OC[C@H]1C(NS(C)(=O)=O)CCCN1C(=O)NCC. The van der Waals surface area contributed by atoms with E-state index < -0.39 is 71.6 Å². The second-order valence-electron chi connectivity index (χ2n) is 7.27. The molecule has 0 spiro atoms. The van der Waals surface area contributed by atoms with Crippen molar-refractivity contribution in [1.82, 2.24) is 14.9 Å². The number of nitrogens with one attached hydrogen (secondary N) is 2. The van der Waals surface area contributed by atoms with Gasteiger partial charge in [-0.3, -0.25) is 0 Å². The van der Waals surface area contributed by atoms with E-state index in [0.717, 1.165) is 6.26 Å². The van der Waals surface area contributed by atoms with Gasteiger partial charge in [-0.25, -0.2) is 17.9 Å². The molecule has 158 valence electrons. The predicted molar refractivity (Wildman–Crippen MR) is 107 cm³/mol. The third kappa shape index (κ3) is 6.91. The van der Waals surface area contributed by atoms with Gasteiger partial charge in [-0.15, -0.1) is 0 Å². The highest BCUT2D eigenvalue weighted by atomic mass is 32.2. The van der Waals surface area contributed by atoms with Crippen LogP contribution >= 0.6 is 0 Å². The molecular weight excluding hydrogens is 366 g/mol. The first-order valence-corrected chi connectivity index (χ1v) is 11.3. The van der Waals surface area contributed by atoms with Gasteiger partial charge in [0.05, 0.1) is 26.4 Å². The standard InChI is InChI=1S/C19H37N3O4S/c1-5-20-19(23)22-12-6-7-17(21-27(4,24)25)18(22)13-26-16-10-8-15(9-11-16)14(2)3/h14-18,21H,5-13H2,1-4H3,(H,20,23)/t15?,16?,17?,18-/m0/s1/i8D,9D,10D,11D,15D,16D/t8?,9?,10?,11?,15?,16?,17?,18-. The Morgan fingerprint density at radius 1 is 1.33 bits per heavy atom. The number of rotatable bonds is 7. The molecule has 1 aliphatic carbocycles. The molecule has 8 heteroatoms. The lowest BCUT2D eigenvalue weighted by Gasteiger charge is -2.42. The molecule has 0 bridgehead atoms. The van der Waals surface area contributed by atoms with Crippen molar-refractivity contribution in [2.45, 2.75) is 77.4 Å². The number of carbonyl (C=O) groups is 1. The van der Waals surface area contributed by atoms with Crippen LogP contribution in [0.4, 0.5) is 4.79 Å². The minimum Gasteiger partial charge on any atom is -0.376 e. The Morgan fingerprint density at radius 3 is 2.56 bits per heavy atom. The predicted octanol–water partition coefficient (Wildman–Crippen LogP) is 2.33. The zero-order valence-electron chi connectivity index (χ0n) is 22.6. The smallest absolute Gasteiger partial charge is 0.317 e. The normalized spacial score (nSPS) is 49.3. The molecule has 1 heterocycles. The fourth-order valence-electron chi connectivity index (χ4n) is 3.31. The van der Waals surface area contributed by atoms with Crippen LogP contribution in [0, 0.1) is 11.8 Å². The molecule has 5 unspecified atom stereocenters. The summed E-state index contributed by atoms with van der Waals surface area (Å²) in [5.41, 5.74) is 0. The van der Waals surface area contributed by atoms with Crippen LogP contribution in [-0.2, 0) is 14.8 Å². The molecule has 27 heavy (non-hydrogen) atoms. The van der Waals surface area contributed by atoms with Gasteiger partial charge in [0.25, 0.3) is 0 Å². The number of ether oxygens (including phenoxy) is 1. The number of hydrogen-bond acceptors (Lipinski definition) is 4. The van der Waals surface area contributed by atoms with Crippen LogP contribution in [0.1, 0.15) is 67.4 Å². The lowest BCUT2D eigenvalue weighted by molar-refractivity contribution is -0.0240. The number of hydrogen-bond donors (Lipinski definition) is 2. The fraction of sp³-hybridized carbons (Fsp3) is 0.947. The lowest BCUT2D eigenvalue weighted by Crippen LogP contribution is -2.60. The highest BCUT2D eigenvalue weighted by Crippen LogP contribution is 2.31. The summed E-state index contributed by atoms with van der Waals surface area (Å²) in [7, 11) is -3.61. The van der Waals surface area contributed by atoms with E-state index in [1.54, 1.807) is 20.8 Å². The van der Waals surface area contributed by atoms with Crippen LogP contribution in [0.2, 0.25) is 0 Å². The molecule has 0 aromatic rings. The van der Waals surface area contributed by atoms with Crippen LogP contribution in [0.3, 0.4) is 0 Å². The molecule has 1 aliphatic heterocycles. The van der Waals surface area contributed by atoms with Crippen molar-refractivity contribution in [3.63, 3.8) is 0 Å². The van der Waals surface area contributed by atoms with Crippen LogP contribution in [0.5, 0.6) is 0 Å². The van der Waals surface area contributed by atoms with Crippen molar-refractivity contribution < 1.29 is 26.2 Å². The van der Waals surface area contributed by atoms with E-state index in [0.29, 0.717) is 25.9 Å². The molecule has 2 N–H and O–H groups in total. The average molecular weight is 410 g/mol. The Hall–Kier alpha value is -0.860. The molecule has 0 aromatic carbocycles. The third-order valence-corrected chi connectivity index (χ3v) is 5.43. The van der Waals surface area contributed by atoms with Crippen LogP contribution in [0.15, 0.2) is 0 Å². The molecule has 1 saturated carbocycles. The summed E-state index contributed by atoms with van der Waals surface area (Å²) in [6.07, 6.45) is -6.37. The zero-order chi connectivity index (χ0) is 25.4. The molecule has 2 rings (SSSR count). The first-order valence-electron chi connectivity index (χ1n) is 12.8. The molecule has 0 radical (unpaired) electrons. The summed E-state index contributed by atoms with van der Waals surface area (Å²) in [6, 6.07) is -1.91. The van der Waals surface area contributed by atoms with E-state index in [-0.39, 0.29) is 6.61 Å². The van der Waals surface area contributed by atoms with Gasteiger partial charge in [-0.2, -0.15) is 0 Å². The number of carbonyl (C=O) groups excluding carboxylic acids is 1. The van der Waals surface area contributed by atoms with E-state index in [4.69, 9.17) is 13.0 Å². The first-order chi connectivity index (χ1) is 15.1. The fourth-order valence-corrected chi connectivity index (χ4v) is 4.14. The topological polar surface area (TPSA) is 87.7 Å². The van der Waals surface area contributed by atoms with Gasteiger partial charge >= 0.3 is 6.03 Å². The summed E-state index contributed by atoms with van der Waals surface area (Å²) in [6.45, 7) is 5.45. The van der Waals surface area contributed by atoms with Crippen LogP contribution in [0.25, 0.3) is 0 Å². The van der Waals surface area contributed by atoms with Crippen LogP contribution < -0.4 is 10.0 Å². The molecule has 2 amide bonds. The van der Waals surface area contributed by atoms with Crippen molar-refractivity contribution in [3.05, 3.63) is 0 Å². The summed E-state index contributed by atoms with van der Waals surface area (Å²) in [4.78, 5) is 14.0. The van der Waals surface area contributed by atoms with Crippen molar-refractivity contribution in [1.29, 1.82) is 0 Å². The molecule has 2 aliphatic rings. The van der Waals surface area contributed by atoms with Gasteiger partial charge in [0, 0.05) is 26.0 Å². The van der Waals surface area contributed by atoms with E-state index in [1.807, 2.05) is 0 Å². The summed E-state index contributed by atoms with van der Waals surface area (Å²) >= 11 is 0. The van der Waals surface area contributed by atoms with Crippen molar-refractivity contribution in [2.24, 2.45) is 11.8 Å². The molecule has 2 fully saturated rings. The monoisotopic (exact) mass is 409 g/mol.